The van der Waals surface area contributed by atoms with E-state index < -0.39 is 6.04 Å². The van der Waals surface area contributed by atoms with E-state index in [-0.39, 0.29) is 18.4 Å². The van der Waals surface area contributed by atoms with Crippen LogP contribution in [0.4, 0.5) is 5.69 Å². The van der Waals surface area contributed by atoms with Crippen LogP contribution in [-0.2, 0) is 9.59 Å². The Morgan fingerprint density at radius 3 is 2.69 bits per heavy atom. The van der Waals surface area contributed by atoms with Crippen LogP contribution >= 0.6 is 23.2 Å². The molecule has 0 spiro atoms. The summed E-state index contributed by atoms with van der Waals surface area (Å²) in [6, 6.07) is 10.1. The standard InChI is InChI=1S/C19H18Cl2N2O3/c1-11-3-5-16-14(9-11)18(22-12(2)24)19(25)23(16)7-8-26-17-6-4-13(20)10-15(17)21/h3-6,9-10,18H,7-8H2,1-2H3,(H,22,24)/t18-/m0/s1. The lowest BCUT2D eigenvalue weighted by atomic mass is 10.1. The highest BCUT2D eigenvalue weighted by molar-refractivity contribution is 6.35. The monoisotopic (exact) mass is 392 g/mol. The van der Waals surface area contributed by atoms with Crippen molar-refractivity contribution < 1.29 is 14.3 Å². The van der Waals surface area contributed by atoms with Gasteiger partial charge in [-0.2, -0.15) is 0 Å². The van der Waals surface area contributed by atoms with Crippen LogP contribution in [0.25, 0.3) is 0 Å². The van der Waals surface area contributed by atoms with Crippen LogP contribution < -0.4 is 15.0 Å². The molecule has 1 heterocycles. The number of carbonyl (C=O) groups excluding carboxylic acids is 2. The van der Waals surface area contributed by atoms with E-state index in [1.807, 2.05) is 25.1 Å². The molecule has 136 valence electrons. The summed E-state index contributed by atoms with van der Waals surface area (Å²) < 4.78 is 5.69. The van der Waals surface area contributed by atoms with Crippen LogP contribution in [0.5, 0.6) is 5.75 Å². The summed E-state index contributed by atoms with van der Waals surface area (Å²) >= 11 is 12.0. The van der Waals surface area contributed by atoms with Gasteiger partial charge in [0.25, 0.3) is 5.91 Å². The maximum atomic E-state index is 12.8. The molecule has 3 rings (SSSR count). The molecule has 0 fully saturated rings. The Morgan fingerprint density at radius 1 is 1.23 bits per heavy atom. The van der Waals surface area contributed by atoms with Crippen molar-refractivity contribution >= 4 is 40.7 Å². The van der Waals surface area contributed by atoms with Gasteiger partial charge in [-0.1, -0.05) is 40.9 Å². The Hall–Kier alpha value is -2.24. The summed E-state index contributed by atoms with van der Waals surface area (Å²) in [5, 5.41) is 3.66. The Bertz CT molecular complexity index is 870. The molecule has 0 aromatic heterocycles. The molecular weight excluding hydrogens is 375 g/mol. The molecule has 1 N–H and O–H groups in total. The van der Waals surface area contributed by atoms with Gasteiger partial charge in [0, 0.05) is 23.2 Å². The molecule has 26 heavy (non-hydrogen) atoms. The van der Waals surface area contributed by atoms with Crippen LogP contribution in [0, 0.1) is 6.92 Å². The average molecular weight is 393 g/mol. The number of aryl methyl sites for hydroxylation is 1. The molecule has 1 atom stereocenters. The van der Waals surface area contributed by atoms with Crippen molar-refractivity contribution in [3.05, 3.63) is 57.6 Å². The Labute approximate surface area is 161 Å². The van der Waals surface area contributed by atoms with E-state index in [1.54, 1.807) is 23.1 Å². The molecule has 1 aliphatic heterocycles. The minimum atomic E-state index is -0.665. The van der Waals surface area contributed by atoms with E-state index >= 15 is 0 Å². The maximum Gasteiger partial charge on any atom is 0.254 e. The summed E-state index contributed by atoms with van der Waals surface area (Å²) in [6.45, 7) is 3.94. The predicted octanol–water partition coefficient (Wildman–Crippen LogP) is 3.90. The van der Waals surface area contributed by atoms with Crippen LogP contribution in [0.15, 0.2) is 36.4 Å². The zero-order chi connectivity index (χ0) is 18.8. The molecule has 2 aromatic carbocycles. The number of nitrogens with one attached hydrogen (secondary N) is 1. The largest absolute Gasteiger partial charge is 0.490 e. The molecule has 7 heteroatoms. The first-order valence-electron chi connectivity index (χ1n) is 8.13. The van der Waals surface area contributed by atoms with Gasteiger partial charge in [0.05, 0.1) is 11.6 Å². The normalized spacial score (nSPS) is 15.8. The number of fused-ring (bicyclic) bond motifs is 1. The van der Waals surface area contributed by atoms with Gasteiger partial charge in [0.1, 0.15) is 18.4 Å². The maximum absolute atomic E-state index is 12.8. The highest BCUT2D eigenvalue weighted by Crippen LogP contribution is 2.36. The number of rotatable bonds is 5. The Balaban J connectivity index is 1.75. The topological polar surface area (TPSA) is 58.6 Å². The second-order valence-electron chi connectivity index (χ2n) is 6.11. The quantitative estimate of drug-likeness (QED) is 0.838. The first-order chi connectivity index (χ1) is 12.4. The van der Waals surface area contributed by atoms with Gasteiger partial charge in [-0.25, -0.2) is 0 Å². The van der Waals surface area contributed by atoms with Gasteiger partial charge in [0.2, 0.25) is 5.91 Å². The highest BCUT2D eigenvalue weighted by atomic mass is 35.5. The molecule has 0 saturated heterocycles. The Kier molecular flexibility index (Phi) is 5.39. The molecule has 1 aliphatic rings. The van der Waals surface area contributed by atoms with E-state index in [0.29, 0.717) is 22.3 Å². The van der Waals surface area contributed by atoms with E-state index in [2.05, 4.69) is 5.32 Å². The van der Waals surface area contributed by atoms with Gasteiger partial charge in [-0.3, -0.25) is 9.59 Å². The zero-order valence-corrected chi connectivity index (χ0v) is 15.9. The third-order valence-corrected chi connectivity index (χ3v) is 4.64. The molecule has 2 amide bonds. The number of hydrogen-bond donors (Lipinski definition) is 1. The number of amides is 2. The van der Waals surface area contributed by atoms with Crippen molar-refractivity contribution in [2.24, 2.45) is 0 Å². The van der Waals surface area contributed by atoms with Gasteiger partial charge < -0.3 is 15.0 Å². The number of carbonyl (C=O) groups is 2. The molecule has 2 aromatic rings. The van der Waals surface area contributed by atoms with Gasteiger partial charge in [-0.05, 0) is 31.2 Å². The average Bonchev–Trinajstić information content (AvgIpc) is 2.81. The fourth-order valence-corrected chi connectivity index (χ4v) is 3.43. The minimum absolute atomic E-state index is 0.174. The summed E-state index contributed by atoms with van der Waals surface area (Å²) in [4.78, 5) is 25.9. The molecule has 0 unspecified atom stereocenters. The van der Waals surface area contributed by atoms with Crippen molar-refractivity contribution in [3.63, 3.8) is 0 Å². The van der Waals surface area contributed by atoms with Crippen molar-refractivity contribution in [1.29, 1.82) is 0 Å². The number of hydrogen-bond acceptors (Lipinski definition) is 3. The van der Waals surface area contributed by atoms with E-state index in [4.69, 9.17) is 27.9 Å². The van der Waals surface area contributed by atoms with Gasteiger partial charge in [0.15, 0.2) is 0 Å². The molecule has 5 nitrogen and oxygen atoms in total. The third kappa shape index (κ3) is 3.79. The molecule has 0 aliphatic carbocycles. The van der Waals surface area contributed by atoms with Gasteiger partial charge in [-0.15, -0.1) is 0 Å². The van der Waals surface area contributed by atoms with Crippen molar-refractivity contribution in [2.75, 3.05) is 18.1 Å². The van der Waals surface area contributed by atoms with E-state index in [1.165, 1.54) is 6.92 Å². The van der Waals surface area contributed by atoms with E-state index in [9.17, 15) is 9.59 Å². The summed E-state index contributed by atoms with van der Waals surface area (Å²) in [6.07, 6.45) is 0. The minimum Gasteiger partial charge on any atom is -0.490 e. The van der Waals surface area contributed by atoms with E-state index in [0.717, 1.165) is 16.8 Å². The third-order valence-electron chi connectivity index (χ3n) is 4.11. The summed E-state index contributed by atoms with van der Waals surface area (Å²) in [7, 11) is 0. The highest BCUT2D eigenvalue weighted by Gasteiger charge is 2.37. The second kappa shape index (κ2) is 7.56. The number of ether oxygens (including phenoxy) is 1. The summed E-state index contributed by atoms with van der Waals surface area (Å²) in [5.41, 5.74) is 2.61. The lowest BCUT2D eigenvalue weighted by molar-refractivity contribution is -0.126. The predicted molar refractivity (Wildman–Crippen MR) is 102 cm³/mol. The summed E-state index contributed by atoms with van der Waals surface area (Å²) in [5.74, 6) is 0.0821. The first-order valence-corrected chi connectivity index (χ1v) is 8.89. The first kappa shape index (κ1) is 18.5. The fourth-order valence-electron chi connectivity index (χ4n) is 2.97. The van der Waals surface area contributed by atoms with Crippen molar-refractivity contribution in [1.82, 2.24) is 5.32 Å². The van der Waals surface area contributed by atoms with Crippen LogP contribution in [0.1, 0.15) is 24.1 Å². The van der Waals surface area contributed by atoms with Crippen LogP contribution in [0.3, 0.4) is 0 Å². The number of halogens is 2. The van der Waals surface area contributed by atoms with Crippen molar-refractivity contribution in [2.45, 2.75) is 19.9 Å². The fraction of sp³-hybridized carbons (Fsp3) is 0.263. The molecule has 0 radical (unpaired) electrons. The van der Waals surface area contributed by atoms with Crippen LogP contribution in [0.2, 0.25) is 10.0 Å². The van der Waals surface area contributed by atoms with Gasteiger partial charge >= 0.3 is 0 Å². The number of anilines is 1. The smallest absolute Gasteiger partial charge is 0.254 e. The molecular formula is C19H18Cl2N2O3. The lowest BCUT2D eigenvalue weighted by Gasteiger charge is -2.18. The zero-order valence-electron chi connectivity index (χ0n) is 14.4. The van der Waals surface area contributed by atoms with Crippen molar-refractivity contribution in [3.8, 4) is 5.75 Å². The molecule has 0 saturated carbocycles. The SMILES string of the molecule is CC(=O)N[C@@H]1C(=O)N(CCOc2ccc(Cl)cc2Cl)c2ccc(C)cc21. The van der Waals surface area contributed by atoms with Crippen LogP contribution in [-0.4, -0.2) is 25.0 Å². The lowest BCUT2D eigenvalue weighted by Crippen LogP contribution is -2.38. The Morgan fingerprint density at radius 2 is 2.00 bits per heavy atom. The number of nitrogens with zero attached hydrogens (tertiary/aromatic N) is 1. The second-order valence-corrected chi connectivity index (χ2v) is 6.95. The number of benzene rings is 2. The molecule has 0 bridgehead atoms.